The second-order valence-electron chi connectivity index (χ2n) is 16.3. The van der Waals surface area contributed by atoms with Crippen LogP contribution >= 0.6 is 0 Å². The highest BCUT2D eigenvalue weighted by Crippen LogP contribution is 2.42. The van der Waals surface area contributed by atoms with Crippen LogP contribution in [0.4, 0.5) is 0 Å². The monoisotopic (exact) mass is 738 g/mol. The van der Waals surface area contributed by atoms with Gasteiger partial charge in [0.05, 0.1) is 22.3 Å². The molecule has 3 heteroatoms. The second-order valence-corrected chi connectivity index (χ2v) is 16.3. The summed E-state index contributed by atoms with van der Waals surface area (Å²) in [7, 11) is 0. The summed E-state index contributed by atoms with van der Waals surface area (Å²) in [6.07, 6.45) is 19.4. The van der Waals surface area contributed by atoms with Crippen molar-refractivity contribution in [3.63, 3.8) is 0 Å². The van der Waals surface area contributed by atoms with Gasteiger partial charge in [-0.3, -0.25) is 0 Å². The van der Waals surface area contributed by atoms with Crippen LogP contribution in [0, 0.1) is 5.92 Å². The lowest BCUT2D eigenvalue weighted by Gasteiger charge is -2.31. The summed E-state index contributed by atoms with van der Waals surface area (Å²) in [5.41, 5.74) is 13.2. The number of hydrogen-bond acceptors (Lipinski definition) is 2. The SMILES string of the molecule is CCCCc1cccc(-c2cc(C3=CC(C)CC=C3)nc(-c3cccc(-c4ccc(C(C)(CC)CCCC)c(-c5c6ccccc6cc[n+]5CCC)c4)c3)n2)c1. The average Bonchev–Trinajstić information content (AvgIpc) is 3.24. The van der Waals surface area contributed by atoms with E-state index in [0.717, 1.165) is 60.6 Å². The van der Waals surface area contributed by atoms with Crippen molar-refractivity contribution < 1.29 is 4.57 Å². The number of nitrogens with zero attached hydrogens (tertiary/aromatic N) is 3. The van der Waals surface area contributed by atoms with Crippen LogP contribution in [0.15, 0.2) is 128 Å². The van der Waals surface area contributed by atoms with E-state index in [4.69, 9.17) is 9.97 Å². The Morgan fingerprint density at radius 3 is 2.29 bits per heavy atom. The van der Waals surface area contributed by atoms with Gasteiger partial charge in [0.15, 0.2) is 12.0 Å². The summed E-state index contributed by atoms with van der Waals surface area (Å²) in [5.74, 6) is 1.24. The lowest BCUT2D eigenvalue weighted by molar-refractivity contribution is -0.685. The van der Waals surface area contributed by atoms with E-state index >= 15 is 0 Å². The van der Waals surface area contributed by atoms with Gasteiger partial charge in [-0.25, -0.2) is 9.97 Å². The molecule has 0 amide bonds. The zero-order valence-electron chi connectivity index (χ0n) is 34.6. The molecular weight excluding hydrogens is 679 g/mol. The lowest BCUT2D eigenvalue weighted by atomic mass is 9.73. The summed E-state index contributed by atoms with van der Waals surface area (Å²) in [6, 6.07) is 38.5. The normalized spacial score (nSPS) is 15.2. The van der Waals surface area contributed by atoms with E-state index in [1.807, 2.05) is 0 Å². The number of aromatic nitrogens is 3. The maximum atomic E-state index is 5.30. The molecule has 2 aromatic heterocycles. The maximum Gasteiger partial charge on any atom is 0.220 e. The minimum absolute atomic E-state index is 0.0605. The molecule has 2 atom stereocenters. The molecule has 0 N–H and O–H groups in total. The Morgan fingerprint density at radius 1 is 0.714 bits per heavy atom. The molecule has 4 aromatic carbocycles. The number of benzene rings is 4. The Balaban J connectivity index is 1.39. The van der Waals surface area contributed by atoms with Gasteiger partial charge < -0.3 is 0 Å². The standard InChI is InChI=1S/C53H60N3/c1-7-11-19-39-20-16-24-44(34-39)50-37-49(43-23-15-18-38(5)33-43)54-52(55-50)45-25-17-22-41(35-45)42-27-28-48(53(6,10-4)30-12-8-2)47(36-42)51-46-26-14-13-21-40(46)29-32-56(51)31-9-3/h13-17,20-29,32-38H,7-12,18-19,30-31H2,1-6H3/q+1. The van der Waals surface area contributed by atoms with E-state index in [0.29, 0.717) is 5.92 Å². The molecule has 0 saturated heterocycles. The summed E-state index contributed by atoms with van der Waals surface area (Å²) in [6.45, 7) is 14.9. The molecule has 286 valence electrons. The number of unbranched alkanes of at least 4 members (excludes halogenated alkanes) is 2. The number of aryl methyl sites for hydroxylation is 2. The van der Waals surface area contributed by atoms with Crippen LogP contribution in [0.1, 0.15) is 110 Å². The zero-order chi connectivity index (χ0) is 39.1. The Kier molecular flexibility index (Phi) is 12.4. The Bertz CT molecular complexity index is 2360. The van der Waals surface area contributed by atoms with E-state index in [9.17, 15) is 0 Å². The smallest absolute Gasteiger partial charge is 0.220 e. The highest BCUT2D eigenvalue weighted by Gasteiger charge is 2.31. The van der Waals surface area contributed by atoms with Crippen LogP contribution in [0.3, 0.4) is 0 Å². The molecule has 0 aliphatic heterocycles. The largest absolute Gasteiger partial charge is 0.228 e. The van der Waals surface area contributed by atoms with E-state index in [-0.39, 0.29) is 5.41 Å². The first kappa shape index (κ1) is 39.1. The van der Waals surface area contributed by atoms with Gasteiger partial charge in [-0.05, 0) is 107 Å². The first-order chi connectivity index (χ1) is 27.3. The molecule has 6 aromatic rings. The molecule has 3 nitrogen and oxygen atoms in total. The zero-order valence-corrected chi connectivity index (χ0v) is 34.6. The van der Waals surface area contributed by atoms with E-state index < -0.39 is 0 Å². The molecule has 1 aliphatic rings. The van der Waals surface area contributed by atoms with Crippen molar-refractivity contribution in [3.05, 3.63) is 144 Å². The fourth-order valence-electron chi connectivity index (χ4n) is 8.49. The van der Waals surface area contributed by atoms with Gasteiger partial charge in [-0.1, -0.05) is 146 Å². The van der Waals surface area contributed by atoms with E-state index in [1.165, 1.54) is 82.0 Å². The summed E-state index contributed by atoms with van der Waals surface area (Å²) in [5, 5.41) is 2.59. The van der Waals surface area contributed by atoms with Gasteiger partial charge >= 0.3 is 0 Å². The molecule has 2 unspecified atom stereocenters. The van der Waals surface area contributed by atoms with Crippen molar-refractivity contribution in [1.29, 1.82) is 0 Å². The summed E-state index contributed by atoms with van der Waals surface area (Å²) < 4.78 is 2.49. The second kappa shape index (κ2) is 17.8. The van der Waals surface area contributed by atoms with Crippen LogP contribution in [0.5, 0.6) is 0 Å². The van der Waals surface area contributed by atoms with E-state index in [1.54, 1.807) is 0 Å². The van der Waals surface area contributed by atoms with Crippen LogP contribution in [0.25, 0.3) is 61.4 Å². The predicted octanol–water partition coefficient (Wildman–Crippen LogP) is 14.2. The van der Waals surface area contributed by atoms with Crippen molar-refractivity contribution in [2.24, 2.45) is 5.92 Å². The van der Waals surface area contributed by atoms with Crippen LogP contribution in [-0.4, -0.2) is 9.97 Å². The number of allylic oxidation sites excluding steroid dienone is 4. The van der Waals surface area contributed by atoms with Crippen molar-refractivity contribution >= 4 is 16.3 Å². The lowest BCUT2D eigenvalue weighted by Crippen LogP contribution is -2.36. The quantitative estimate of drug-likeness (QED) is 0.0982. The van der Waals surface area contributed by atoms with Crippen molar-refractivity contribution in [2.75, 3.05) is 0 Å². The molecule has 0 radical (unpaired) electrons. The molecule has 0 fully saturated rings. The van der Waals surface area contributed by atoms with Gasteiger partial charge in [0.2, 0.25) is 5.69 Å². The van der Waals surface area contributed by atoms with E-state index in [2.05, 4.69) is 174 Å². The fourth-order valence-corrected chi connectivity index (χ4v) is 8.49. The number of fused-ring (bicyclic) bond motifs is 1. The van der Waals surface area contributed by atoms with Gasteiger partial charge in [0, 0.05) is 23.6 Å². The molecular formula is C53H60N3+. The maximum absolute atomic E-state index is 5.30. The molecule has 56 heavy (non-hydrogen) atoms. The minimum Gasteiger partial charge on any atom is -0.228 e. The first-order valence-corrected chi connectivity index (χ1v) is 21.4. The van der Waals surface area contributed by atoms with Crippen LogP contribution in [-0.2, 0) is 18.4 Å². The number of pyridine rings is 1. The first-order valence-electron chi connectivity index (χ1n) is 21.4. The third-order valence-corrected chi connectivity index (χ3v) is 12.0. The Labute approximate surface area is 336 Å². The molecule has 0 spiro atoms. The third-order valence-electron chi connectivity index (χ3n) is 12.0. The minimum atomic E-state index is 0.0605. The number of rotatable bonds is 15. The number of hydrogen-bond donors (Lipinski definition) is 0. The third kappa shape index (κ3) is 8.48. The molecule has 2 heterocycles. The topological polar surface area (TPSA) is 29.7 Å². The Morgan fingerprint density at radius 2 is 1.48 bits per heavy atom. The highest BCUT2D eigenvalue weighted by molar-refractivity contribution is 5.94. The van der Waals surface area contributed by atoms with Crippen molar-refractivity contribution in [2.45, 2.75) is 111 Å². The summed E-state index contributed by atoms with van der Waals surface area (Å²) in [4.78, 5) is 10.6. The molecule has 0 bridgehead atoms. The van der Waals surface area contributed by atoms with Gasteiger partial charge in [-0.2, -0.15) is 4.57 Å². The highest BCUT2D eigenvalue weighted by atomic mass is 15.0. The van der Waals surface area contributed by atoms with Crippen LogP contribution in [0.2, 0.25) is 0 Å². The average molecular weight is 739 g/mol. The van der Waals surface area contributed by atoms with Crippen LogP contribution < -0.4 is 4.57 Å². The van der Waals surface area contributed by atoms with Gasteiger partial charge in [0.1, 0.15) is 6.54 Å². The summed E-state index contributed by atoms with van der Waals surface area (Å²) >= 11 is 0. The van der Waals surface area contributed by atoms with Crippen molar-refractivity contribution in [1.82, 2.24) is 9.97 Å². The molecule has 0 saturated carbocycles. The fraction of sp³-hybridized carbons (Fsp3) is 0.340. The molecule has 1 aliphatic carbocycles. The van der Waals surface area contributed by atoms with Gasteiger partial charge in [0.25, 0.3) is 0 Å². The Hall–Kier alpha value is -5.15. The predicted molar refractivity (Wildman–Crippen MR) is 238 cm³/mol. The van der Waals surface area contributed by atoms with Crippen molar-refractivity contribution in [3.8, 4) is 45.0 Å². The van der Waals surface area contributed by atoms with Gasteiger partial charge in [-0.15, -0.1) is 0 Å². The molecule has 7 rings (SSSR count).